The van der Waals surface area contributed by atoms with Crippen LogP contribution in [-0.4, -0.2) is 10.5 Å². The fourth-order valence-electron chi connectivity index (χ4n) is 1.27. The molecule has 1 rings (SSSR count). The van der Waals surface area contributed by atoms with Gasteiger partial charge in [-0.2, -0.15) is 0 Å². The molecule has 0 saturated carbocycles. The van der Waals surface area contributed by atoms with Crippen LogP contribution in [0.3, 0.4) is 0 Å². The highest BCUT2D eigenvalue weighted by Gasteiger charge is 2.00. The van der Waals surface area contributed by atoms with Crippen LogP contribution in [0.2, 0.25) is 0 Å². The smallest absolute Gasteiger partial charge is 0.0219 e. The largest absolute Gasteiger partial charge is 0.219 e. The van der Waals surface area contributed by atoms with Crippen LogP contribution in [0.5, 0.6) is 0 Å². The third-order valence-electron chi connectivity index (χ3n) is 2.30. The number of rotatable bonds is 3. The number of hydrogen-bond acceptors (Lipinski definition) is 4. The van der Waals surface area contributed by atoms with E-state index in [9.17, 15) is 0 Å². The SMILES string of the molecule is CC(C)c1ccc(C(C)C)cc1.OOOO. The summed E-state index contributed by atoms with van der Waals surface area (Å²) in [5.41, 5.74) is 2.86. The molecule has 0 aliphatic heterocycles. The summed E-state index contributed by atoms with van der Waals surface area (Å²) >= 11 is 0. The van der Waals surface area contributed by atoms with Gasteiger partial charge in [-0.25, -0.2) is 10.5 Å². The molecule has 2 N–H and O–H groups in total. The van der Waals surface area contributed by atoms with E-state index >= 15 is 0 Å². The van der Waals surface area contributed by atoms with Gasteiger partial charge in [-0.1, -0.05) is 52.0 Å². The quantitative estimate of drug-likeness (QED) is 0.610. The molecule has 0 fully saturated rings. The lowest BCUT2D eigenvalue weighted by molar-refractivity contribution is -0.611. The van der Waals surface area contributed by atoms with Crippen LogP contribution in [0.15, 0.2) is 24.3 Å². The molecule has 1 aromatic carbocycles. The average molecular weight is 228 g/mol. The molecule has 0 saturated heterocycles. The van der Waals surface area contributed by atoms with Crippen LogP contribution in [0, 0.1) is 0 Å². The first-order valence-corrected chi connectivity index (χ1v) is 5.24. The molecule has 4 heteroatoms. The van der Waals surface area contributed by atoms with Crippen molar-refractivity contribution in [2.45, 2.75) is 39.5 Å². The van der Waals surface area contributed by atoms with E-state index in [2.05, 4.69) is 62.0 Å². The Balaban J connectivity index is 0.000000487. The minimum Gasteiger partial charge on any atom is -0.219 e. The zero-order chi connectivity index (χ0) is 12.6. The predicted octanol–water partition coefficient (Wildman–Crippen LogP) is 3.81. The monoisotopic (exact) mass is 228 g/mol. The molecule has 1 aromatic rings. The van der Waals surface area contributed by atoms with E-state index in [1.807, 2.05) is 0 Å². The van der Waals surface area contributed by atoms with Gasteiger partial charge in [0, 0.05) is 0 Å². The lowest BCUT2D eigenvalue weighted by Crippen LogP contribution is -1.90. The molecule has 0 bridgehead atoms. The lowest BCUT2D eigenvalue weighted by atomic mass is 9.97. The molecule has 0 unspecified atom stereocenters. The second-order valence-corrected chi connectivity index (χ2v) is 4.13. The summed E-state index contributed by atoms with van der Waals surface area (Å²) in [7, 11) is 0. The maximum atomic E-state index is 6.90. The van der Waals surface area contributed by atoms with Crippen molar-refractivity contribution < 1.29 is 20.6 Å². The van der Waals surface area contributed by atoms with Crippen molar-refractivity contribution in [3.8, 4) is 0 Å². The molecule has 0 atom stereocenters. The molecule has 0 aliphatic carbocycles. The van der Waals surface area contributed by atoms with Crippen molar-refractivity contribution >= 4 is 0 Å². The van der Waals surface area contributed by atoms with Crippen LogP contribution in [0.25, 0.3) is 0 Å². The third kappa shape index (κ3) is 5.82. The highest BCUT2D eigenvalue weighted by molar-refractivity contribution is 5.26. The molecule has 0 spiro atoms. The Hall–Kier alpha value is -0.940. The first-order valence-electron chi connectivity index (χ1n) is 5.24. The highest BCUT2D eigenvalue weighted by atomic mass is 17.6. The molecule has 92 valence electrons. The fourth-order valence-corrected chi connectivity index (χ4v) is 1.27. The van der Waals surface area contributed by atoms with Crippen molar-refractivity contribution in [1.82, 2.24) is 0 Å². The molecular weight excluding hydrogens is 208 g/mol. The summed E-state index contributed by atoms with van der Waals surface area (Å²) in [6.07, 6.45) is 0. The zero-order valence-electron chi connectivity index (χ0n) is 10.2. The van der Waals surface area contributed by atoms with Gasteiger partial charge >= 0.3 is 0 Å². The van der Waals surface area contributed by atoms with Crippen LogP contribution in [0.1, 0.15) is 50.7 Å². The van der Waals surface area contributed by atoms with Crippen molar-refractivity contribution in [2.24, 2.45) is 0 Å². The summed E-state index contributed by atoms with van der Waals surface area (Å²) in [4.78, 5) is 0. The summed E-state index contributed by atoms with van der Waals surface area (Å²) < 4.78 is 0. The number of benzene rings is 1. The van der Waals surface area contributed by atoms with Gasteiger partial charge in [0.25, 0.3) is 0 Å². The Morgan fingerprint density at radius 2 is 1.00 bits per heavy atom. The predicted molar refractivity (Wildman–Crippen MR) is 62.0 cm³/mol. The number of hydrogen-bond donors (Lipinski definition) is 2. The maximum absolute atomic E-state index is 6.90. The maximum Gasteiger partial charge on any atom is -0.0219 e. The third-order valence-corrected chi connectivity index (χ3v) is 2.30. The molecule has 0 amide bonds. The van der Waals surface area contributed by atoms with Gasteiger partial charge in [0.2, 0.25) is 0 Å². The Bertz CT molecular complexity index is 238. The van der Waals surface area contributed by atoms with Crippen LogP contribution in [0.4, 0.5) is 0 Å². The van der Waals surface area contributed by atoms with Crippen molar-refractivity contribution in [1.29, 1.82) is 0 Å². The molecule has 0 radical (unpaired) electrons. The summed E-state index contributed by atoms with van der Waals surface area (Å²) in [6.45, 7) is 8.91. The lowest BCUT2D eigenvalue weighted by Gasteiger charge is -2.08. The topological polar surface area (TPSA) is 58.9 Å². The molecule has 0 aliphatic rings. The Morgan fingerprint density at radius 1 is 0.750 bits per heavy atom. The van der Waals surface area contributed by atoms with Gasteiger partial charge in [0.1, 0.15) is 0 Å². The van der Waals surface area contributed by atoms with E-state index in [0.717, 1.165) is 0 Å². The summed E-state index contributed by atoms with van der Waals surface area (Å²) in [6, 6.07) is 8.94. The van der Waals surface area contributed by atoms with E-state index in [1.54, 1.807) is 0 Å². The minimum atomic E-state index is 0.645. The van der Waals surface area contributed by atoms with Gasteiger partial charge in [-0.3, -0.25) is 0 Å². The van der Waals surface area contributed by atoms with E-state index in [-0.39, 0.29) is 0 Å². The molecule has 4 nitrogen and oxygen atoms in total. The van der Waals surface area contributed by atoms with Crippen LogP contribution < -0.4 is 0 Å². The first kappa shape index (κ1) is 15.1. The van der Waals surface area contributed by atoms with Crippen LogP contribution >= 0.6 is 0 Å². The van der Waals surface area contributed by atoms with E-state index < -0.39 is 0 Å². The average Bonchev–Trinajstić information content (AvgIpc) is 2.29. The van der Waals surface area contributed by atoms with Gasteiger partial charge < -0.3 is 0 Å². The van der Waals surface area contributed by atoms with Gasteiger partial charge in [-0.05, 0) is 33.0 Å². The van der Waals surface area contributed by atoms with Gasteiger partial charge in [-0.15, -0.1) is 0 Å². The Labute approximate surface area is 96.2 Å². The summed E-state index contributed by atoms with van der Waals surface area (Å²) in [5, 5.41) is 19.0. The molecule has 0 aromatic heterocycles. The second kappa shape index (κ2) is 8.24. The normalized spacial score (nSPS) is 10.2. The van der Waals surface area contributed by atoms with E-state index in [0.29, 0.717) is 11.8 Å². The minimum absolute atomic E-state index is 0.645. The molecule has 0 heterocycles. The Kier molecular flexibility index (Phi) is 7.76. The van der Waals surface area contributed by atoms with Crippen molar-refractivity contribution in [3.63, 3.8) is 0 Å². The first-order chi connectivity index (χ1) is 7.52. The highest BCUT2D eigenvalue weighted by Crippen LogP contribution is 2.18. The van der Waals surface area contributed by atoms with Gasteiger partial charge in [0.05, 0.1) is 0 Å². The molecular formula is C12H20O4. The Morgan fingerprint density at radius 3 is 1.12 bits per heavy atom. The van der Waals surface area contributed by atoms with Gasteiger partial charge in [0.15, 0.2) is 0 Å². The van der Waals surface area contributed by atoms with Crippen molar-refractivity contribution in [3.05, 3.63) is 35.4 Å². The van der Waals surface area contributed by atoms with E-state index in [1.165, 1.54) is 11.1 Å². The van der Waals surface area contributed by atoms with E-state index in [4.69, 9.17) is 10.5 Å². The zero-order valence-corrected chi connectivity index (χ0v) is 10.2. The van der Waals surface area contributed by atoms with Crippen LogP contribution in [-0.2, 0) is 10.1 Å². The second-order valence-electron chi connectivity index (χ2n) is 4.13. The molecule has 16 heavy (non-hydrogen) atoms. The fraction of sp³-hybridized carbons (Fsp3) is 0.500. The summed E-state index contributed by atoms with van der Waals surface area (Å²) in [5.74, 6) is 1.29. The standard InChI is InChI=1S/C12H18.H2O4/c1-9(2)11-5-7-12(8-6-11)10(3)4;1-3-4-2/h5-10H,1-4H3;1-2H. The van der Waals surface area contributed by atoms with Crippen molar-refractivity contribution in [2.75, 3.05) is 0 Å².